The highest BCUT2D eigenvalue weighted by molar-refractivity contribution is 5.93. The molecule has 2 aliphatic carbocycles. The van der Waals surface area contributed by atoms with Gasteiger partial charge in [0.15, 0.2) is 17.5 Å². The lowest BCUT2D eigenvalue weighted by atomic mass is 9.67. The van der Waals surface area contributed by atoms with Crippen LogP contribution in [0, 0.1) is 11.3 Å². The summed E-state index contributed by atoms with van der Waals surface area (Å²) in [5.74, 6) is 1.96. The molecule has 4 nitrogen and oxygen atoms in total. The molecule has 1 spiro atoms. The van der Waals surface area contributed by atoms with Gasteiger partial charge < -0.3 is 0 Å². The second kappa shape index (κ2) is 10.7. The van der Waals surface area contributed by atoms with Crippen molar-refractivity contribution < 1.29 is 0 Å². The first-order chi connectivity index (χ1) is 21.7. The van der Waals surface area contributed by atoms with Gasteiger partial charge in [-0.3, -0.25) is 0 Å². The molecule has 0 radical (unpaired) electrons. The zero-order valence-corrected chi connectivity index (χ0v) is 24.4. The molecule has 0 bridgehead atoms. The van der Waals surface area contributed by atoms with Crippen LogP contribution in [0.5, 0.6) is 0 Å². The fourth-order valence-electron chi connectivity index (χ4n) is 7.31. The van der Waals surface area contributed by atoms with E-state index in [0.29, 0.717) is 17.5 Å². The van der Waals surface area contributed by atoms with Gasteiger partial charge in [-0.05, 0) is 64.4 Å². The van der Waals surface area contributed by atoms with Crippen molar-refractivity contribution in [1.29, 1.82) is 5.26 Å². The molecule has 5 aromatic carbocycles. The third-order valence-corrected chi connectivity index (χ3v) is 9.35. The maximum Gasteiger partial charge on any atom is 0.164 e. The minimum atomic E-state index is -0.0211. The maximum absolute atomic E-state index is 9.76. The number of aromatic nitrogens is 3. The highest BCUT2D eigenvalue weighted by Crippen LogP contribution is 2.58. The SMILES string of the molecule is N#Cc1ccc2c(c1)C1(CCCCC1)c1cccc(-c3cccc(-c4nc(-c5ccccc5)nc(-c5ccccc5)n4)c3)c1-2. The molecule has 8 rings (SSSR count). The molecule has 0 amide bonds. The maximum atomic E-state index is 9.76. The minimum Gasteiger partial charge on any atom is -0.208 e. The quantitative estimate of drug-likeness (QED) is 0.213. The highest BCUT2D eigenvalue weighted by Gasteiger charge is 2.44. The molecule has 44 heavy (non-hydrogen) atoms. The van der Waals surface area contributed by atoms with Crippen molar-refractivity contribution in [1.82, 2.24) is 15.0 Å². The minimum absolute atomic E-state index is 0.0211. The molecular weight excluding hydrogens is 536 g/mol. The summed E-state index contributed by atoms with van der Waals surface area (Å²) >= 11 is 0. The van der Waals surface area contributed by atoms with Gasteiger partial charge in [-0.2, -0.15) is 5.26 Å². The molecule has 2 aliphatic rings. The van der Waals surface area contributed by atoms with Crippen LogP contribution in [0.1, 0.15) is 48.8 Å². The van der Waals surface area contributed by atoms with Crippen molar-refractivity contribution >= 4 is 0 Å². The summed E-state index contributed by atoms with van der Waals surface area (Å²) in [5, 5.41) is 9.76. The first-order valence-corrected chi connectivity index (χ1v) is 15.4. The average Bonchev–Trinajstić information content (AvgIpc) is 3.37. The van der Waals surface area contributed by atoms with Crippen molar-refractivity contribution in [2.75, 3.05) is 0 Å². The molecule has 1 saturated carbocycles. The average molecular weight is 567 g/mol. The van der Waals surface area contributed by atoms with E-state index in [4.69, 9.17) is 15.0 Å². The lowest BCUT2D eigenvalue weighted by Gasteiger charge is -2.36. The van der Waals surface area contributed by atoms with E-state index in [2.05, 4.69) is 60.7 Å². The molecule has 0 saturated heterocycles. The van der Waals surface area contributed by atoms with Gasteiger partial charge >= 0.3 is 0 Å². The van der Waals surface area contributed by atoms with Gasteiger partial charge in [-0.15, -0.1) is 0 Å². The Labute approximate surface area is 257 Å². The predicted octanol–water partition coefficient (Wildman–Crippen LogP) is 9.64. The Bertz CT molecular complexity index is 1990. The molecule has 4 heteroatoms. The van der Waals surface area contributed by atoms with Gasteiger partial charge in [0.2, 0.25) is 0 Å². The Kier molecular flexibility index (Phi) is 6.38. The summed E-state index contributed by atoms with van der Waals surface area (Å²) in [6.07, 6.45) is 5.94. The number of nitrogens with zero attached hydrogens (tertiary/aromatic N) is 4. The summed E-state index contributed by atoms with van der Waals surface area (Å²) in [6.45, 7) is 0. The van der Waals surface area contributed by atoms with Crippen molar-refractivity contribution in [3.63, 3.8) is 0 Å². The third kappa shape index (κ3) is 4.32. The van der Waals surface area contributed by atoms with Gasteiger partial charge in [-0.25, -0.2) is 15.0 Å². The number of hydrogen-bond donors (Lipinski definition) is 0. The van der Waals surface area contributed by atoms with E-state index in [1.807, 2.05) is 66.7 Å². The summed E-state index contributed by atoms with van der Waals surface area (Å²) in [4.78, 5) is 14.8. The zero-order valence-electron chi connectivity index (χ0n) is 24.4. The standard InChI is InChI=1S/C40H30N4/c41-26-27-20-21-33-35(24-27)40(22-8-3-9-23-40)34-19-11-18-32(36(33)34)30-16-10-17-31(25-30)39-43-37(28-12-4-1-5-13-28)42-38(44-39)29-14-6-2-7-15-29/h1-2,4-7,10-21,24-25H,3,8-9,22-23H2. The van der Waals surface area contributed by atoms with E-state index in [1.165, 1.54) is 47.1 Å². The Hall–Kier alpha value is -5.40. The lowest BCUT2D eigenvalue weighted by Crippen LogP contribution is -2.28. The van der Waals surface area contributed by atoms with E-state index in [9.17, 15) is 5.26 Å². The molecule has 6 aromatic rings. The Balaban J connectivity index is 1.29. The van der Waals surface area contributed by atoms with Crippen LogP contribution >= 0.6 is 0 Å². The van der Waals surface area contributed by atoms with Crippen molar-refractivity contribution in [3.8, 4) is 62.5 Å². The molecule has 0 aliphatic heterocycles. The van der Waals surface area contributed by atoms with Crippen LogP contribution in [-0.2, 0) is 5.41 Å². The highest BCUT2D eigenvalue weighted by atomic mass is 15.0. The van der Waals surface area contributed by atoms with E-state index in [1.54, 1.807) is 0 Å². The first kappa shape index (κ1) is 26.2. The van der Waals surface area contributed by atoms with E-state index < -0.39 is 0 Å². The van der Waals surface area contributed by atoms with Gasteiger partial charge in [0, 0.05) is 22.1 Å². The predicted molar refractivity (Wildman–Crippen MR) is 176 cm³/mol. The molecule has 0 N–H and O–H groups in total. The number of fused-ring (bicyclic) bond motifs is 5. The van der Waals surface area contributed by atoms with Crippen LogP contribution in [0.4, 0.5) is 0 Å². The largest absolute Gasteiger partial charge is 0.208 e. The van der Waals surface area contributed by atoms with Gasteiger partial charge in [0.25, 0.3) is 0 Å². The number of rotatable bonds is 4. The van der Waals surface area contributed by atoms with Crippen molar-refractivity contribution in [3.05, 3.63) is 138 Å². The van der Waals surface area contributed by atoms with Crippen molar-refractivity contribution in [2.24, 2.45) is 0 Å². The van der Waals surface area contributed by atoms with Gasteiger partial charge in [0.1, 0.15) is 0 Å². The molecule has 1 fully saturated rings. The molecular formula is C40H30N4. The number of nitriles is 1. The molecule has 0 unspecified atom stereocenters. The Morgan fingerprint density at radius 3 is 1.75 bits per heavy atom. The second-order valence-electron chi connectivity index (χ2n) is 11.9. The molecule has 210 valence electrons. The normalized spacial score (nSPS) is 14.5. The topological polar surface area (TPSA) is 62.5 Å². The summed E-state index contributed by atoms with van der Waals surface area (Å²) in [6, 6.07) is 44.2. The van der Waals surface area contributed by atoms with Crippen molar-refractivity contribution in [2.45, 2.75) is 37.5 Å². The number of benzene rings is 5. The van der Waals surface area contributed by atoms with Gasteiger partial charge in [-0.1, -0.05) is 122 Å². The smallest absolute Gasteiger partial charge is 0.164 e. The summed E-state index contributed by atoms with van der Waals surface area (Å²) < 4.78 is 0. The Morgan fingerprint density at radius 2 is 1.09 bits per heavy atom. The summed E-state index contributed by atoms with van der Waals surface area (Å²) in [5.41, 5.74) is 11.2. The van der Waals surface area contributed by atoms with Crippen LogP contribution in [0.3, 0.4) is 0 Å². The lowest BCUT2D eigenvalue weighted by molar-refractivity contribution is 0.353. The van der Waals surface area contributed by atoms with E-state index in [0.717, 1.165) is 40.7 Å². The second-order valence-corrected chi connectivity index (χ2v) is 11.9. The monoisotopic (exact) mass is 566 g/mol. The third-order valence-electron chi connectivity index (χ3n) is 9.35. The number of hydrogen-bond acceptors (Lipinski definition) is 4. The van der Waals surface area contributed by atoms with E-state index >= 15 is 0 Å². The van der Waals surface area contributed by atoms with E-state index in [-0.39, 0.29) is 5.41 Å². The molecule has 1 heterocycles. The van der Waals surface area contributed by atoms with Crippen LogP contribution in [-0.4, -0.2) is 15.0 Å². The summed E-state index contributed by atoms with van der Waals surface area (Å²) in [7, 11) is 0. The molecule has 0 atom stereocenters. The first-order valence-electron chi connectivity index (χ1n) is 15.4. The van der Waals surface area contributed by atoms with Crippen LogP contribution in [0.2, 0.25) is 0 Å². The zero-order chi connectivity index (χ0) is 29.5. The fourth-order valence-corrected chi connectivity index (χ4v) is 7.31. The van der Waals surface area contributed by atoms with Gasteiger partial charge in [0.05, 0.1) is 11.6 Å². The fraction of sp³-hybridized carbons (Fsp3) is 0.150. The molecule has 1 aromatic heterocycles. The van der Waals surface area contributed by atoms with Crippen LogP contribution < -0.4 is 0 Å². The van der Waals surface area contributed by atoms with Crippen LogP contribution in [0.15, 0.2) is 121 Å². The van der Waals surface area contributed by atoms with Crippen LogP contribution in [0.25, 0.3) is 56.4 Å². The Morgan fingerprint density at radius 1 is 0.500 bits per heavy atom.